The Morgan fingerprint density at radius 3 is 0.712 bits per heavy atom. The summed E-state index contributed by atoms with van der Waals surface area (Å²) in [6.07, 6.45) is 75.1. The predicted molar refractivity (Wildman–Crippen MR) is 316 cm³/mol. The fourth-order valence-electron chi connectivity index (χ4n) is 9.97. The summed E-state index contributed by atoms with van der Waals surface area (Å²) < 4.78 is 16.9. The van der Waals surface area contributed by atoms with Crippen molar-refractivity contribution in [2.45, 2.75) is 374 Å². The first-order valence-corrected chi connectivity index (χ1v) is 32.8. The van der Waals surface area contributed by atoms with Gasteiger partial charge in [-0.2, -0.15) is 0 Å². The van der Waals surface area contributed by atoms with Crippen LogP contribution in [0.1, 0.15) is 367 Å². The summed E-state index contributed by atoms with van der Waals surface area (Å²) in [7, 11) is 0. The lowest BCUT2D eigenvalue weighted by atomic mass is 10.0. The van der Waals surface area contributed by atoms with Crippen molar-refractivity contribution in [3.63, 3.8) is 0 Å². The first-order chi connectivity index (χ1) is 36.0. The summed E-state index contributed by atoms with van der Waals surface area (Å²) in [5, 5.41) is 0. The molecule has 0 aromatic heterocycles. The van der Waals surface area contributed by atoms with Gasteiger partial charge in [0.15, 0.2) is 6.10 Å². The van der Waals surface area contributed by atoms with E-state index in [0.29, 0.717) is 19.3 Å². The Labute approximate surface area is 455 Å². The minimum absolute atomic E-state index is 0.0691. The molecule has 1 unspecified atom stereocenters. The second-order valence-electron chi connectivity index (χ2n) is 22.4. The van der Waals surface area contributed by atoms with E-state index >= 15 is 0 Å². The van der Waals surface area contributed by atoms with Crippen molar-refractivity contribution >= 4 is 17.9 Å². The number of ether oxygens (including phenoxy) is 3. The molecule has 0 fully saturated rings. The molecule has 0 aliphatic rings. The minimum Gasteiger partial charge on any atom is -0.462 e. The summed E-state index contributed by atoms with van der Waals surface area (Å²) >= 11 is 0. The van der Waals surface area contributed by atoms with E-state index in [9.17, 15) is 14.4 Å². The van der Waals surface area contributed by atoms with Crippen LogP contribution in [0.5, 0.6) is 0 Å². The Hall–Kier alpha value is -2.11. The maximum absolute atomic E-state index is 12.8. The largest absolute Gasteiger partial charge is 0.462 e. The highest BCUT2D eigenvalue weighted by Crippen LogP contribution is 2.18. The fourth-order valence-corrected chi connectivity index (χ4v) is 9.97. The van der Waals surface area contributed by atoms with Crippen LogP contribution in [0.4, 0.5) is 0 Å². The highest BCUT2D eigenvalue weighted by Gasteiger charge is 2.19. The summed E-state index contributed by atoms with van der Waals surface area (Å²) in [6, 6.07) is 0. The number of hydrogen-bond donors (Lipinski definition) is 0. The van der Waals surface area contributed by atoms with Gasteiger partial charge in [0.1, 0.15) is 13.2 Å². The molecule has 0 spiro atoms. The molecule has 0 amide bonds. The van der Waals surface area contributed by atoms with Crippen LogP contribution in [0.2, 0.25) is 0 Å². The molecule has 1 atom stereocenters. The van der Waals surface area contributed by atoms with E-state index in [4.69, 9.17) is 14.2 Å². The van der Waals surface area contributed by atoms with Gasteiger partial charge in [0.2, 0.25) is 0 Å². The summed E-state index contributed by atoms with van der Waals surface area (Å²) in [4.78, 5) is 38.1. The maximum Gasteiger partial charge on any atom is 0.306 e. The molecule has 0 saturated heterocycles. The quantitative estimate of drug-likeness (QED) is 0.0261. The van der Waals surface area contributed by atoms with Crippen LogP contribution in [0.25, 0.3) is 0 Å². The molecule has 0 heterocycles. The predicted octanol–water partition coefficient (Wildman–Crippen LogP) is 22.2. The zero-order valence-corrected chi connectivity index (χ0v) is 49.4. The van der Waals surface area contributed by atoms with E-state index in [1.165, 1.54) is 263 Å². The van der Waals surface area contributed by atoms with Crippen LogP contribution in [0, 0.1) is 0 Å². The molecule has 0 radical (unpaired) electrons. The van der Waals surface area contributed by atoms with Crippen molar-refractivity contribution in [2.24, 2.45) is 0 Å². The smallest absolute Gasteiger partial charge is 0.306 e. The van der Waals surface area contributed by atoms with Gasteiger partial charge in [-0.1, -0.05) is 302 Å². The zero-order chi connectivity index (χ0) is 52.9. The van der Waals surface area contributed by atoms with Gasteiger partial charge in [0, 0.05) is 19.3 Å². The second-order valence-corrected chi connectivity index (χ2v) is 22.4. The van der Waals surface area contributed by atoms with Gasteiger partial charge in [-0.05, 0) is 70.6 Å². The van der Waals surface area contributed by atoms with Crippen LogP contribution >= 0.6 is 0 Å². The molecular formula is C67H126O6. The van der Waals surface area contributed by atoms with E-state index in [-0.39, 0.29) is 31.1 Å². The molecular weight excluding hydrogens is 901 g/mol. The average molecular weight is 1030 g/mol. The highest BCUT2D eigenvalue weighted by atomic mass is 16.6. The Balaban J connectivity index is 3.97. The first kappa shape index (κ1) is 70.9. The molecule has 0 bridgehead atoms. The average Bonchev–Trinajstić information content (AvgIpc) is 3.39. The van der Waals surface area contributed by atoms with Crippen LogP contribution < -0.4 is 0 Å². The maximum atomic E-state index is 12.8. The Kier molecular flexibility index (Phi) is 60.6. The van der Waals surface area contributed by atoms with E-state index < -0.39 is 6.10 Å². The van der Waals surface area contributed by atoms with Gasteiger partial charge >= 0.3 is 17.9 Å². The van der Waals surface area contributed by atoms with Crippen molar-refractivity contribution in [1.29, 1.82) is 0 Å². The summed E-state index contributed by atoms with van der Waals surface area (Å²) in [5.41, 5.74) is 0. The van der Waals surface area contributed by atoms with Gasteiger partial charge in [-0.25, -0.2) is 0 Å². The molecule has 0 saturated carbocycles. The van der Waals surface area contributed by atoms with Crippen molar-refractivity contribution < 1.29 is 28.6 Å². The van der Waals surface area contributed by atoms with Gasteiger partial charge in [0.25, 0.3) is 0 Å². The Morgan fingerprint density at radius 1 is 0.260 bits per heavy atom. The Morgan fingerprint density at radius 2 is 0.452 bits per heavy atom. The van der Waals surface area contributed by atoms with Crippen molar-refractivity contribution in [3.8, 4) is 0 Å². The second kappa shape index (κ2) is 62.4. The van der Waals surface area contributed by atoms with Crippen LogP contribution in [-0.2, 0) is 28.6 Å². The molecule has 0 aliphatic heterocycles. The van der Waals surface area contributed by atoms with Gasteiger partial charge in [0.05, 0.1) is 0 Å². The summed E-state index contributed by atoms with van der Waals surface area (Å²) in [6.45, 7) is 6.65. The highest BCUT2D eigenvalue weighted by molar-refractivity contribution is 5.71. The third-order valence-corrected chi connectivity index (χ3v) is 14.9. The number of hydrogen-bond acceptors (Lipinski definition) is 6. The SMILES string of the molecule is CCCCC/C=C\CCCCCCCC(=O)OC(COC(=O)CCCCCCCCCCCC)COC(=O)CCCCCCCCCCCCCCCCCCCCCCC/C=C\CCCCCCCCCC. The van der Waals surface area contributed by atoms with Gasteiger partial charge < -0.3 is 14.2 Å². The monoisotopic (exact) mass is 1030 g/mol. The van der Waals surface area contributed by atoms with Gasteiger partial charge in [-0.15, -0.1) is 0 Å². The number of esters is 3. The minimum atomic E-state index is -0.769. The van der Waals surface area contributed by atoms with Crippen molar-refractivity contribution in [1.82, 2.24) is 0 Å². The lowest BCUT2D eigenvalue weighted by molar-refractivity contribution is -0.167. The summed E-state index contributed by atoms with van der Waals surface area (Å²) in [5.74, 6) is -0.858. The number of rotatable bonds is 61. The third-order valence-electron chi connectivity index (χ3n) is 14.9. The van der Waals surface area contributed by atoms with Crippen LogP contribution in [0.15, 0.2) is 24.3 Å². The molecule has 6 nitrogen and oxygen atoms in total. The van der Waals surface area contributed by atoms with Crippen molar-refractivity contribution in [3.05, 3.63) is 24.3 Å². The third kappa shape index (κ3) is 60.6. The lowest BCUT2D eigenvalue weighted by Crippen LogP contribution is -2.30. The molecule has 430 valence electrons. The van der Waals surface area contributed by atoms with E-state index in [0.717, 1.165) is 64.2 Å². The number of carbonyl (C=O) groups excluding carboxylic acids is 3. The first-order valence-electron chi connectivity index (χ1n) is 32.8. The van der Waals surface area contributed by atoms with Crippen LogP contribution in [-0.4, -0.2) is 37.2 Å². The molecule has 0 rings (SSSR count). The number of carbonyl (C=O) groups is 3. The molecule has 73 heavy (non-hydrogen) atoms. The van der Waals surface area contributed by atoms with Crippen molar-refractivity contribution in [2.75, 3.05) is 13.2 Å². The molecule has 0 aromatic rings. The van der Waals surface area contributed by atoms with E-state index in [2.05, 4.69) is 45.1 Å². The molecule has 0 aliphatic carbocycles. The zero-order valence-electron chi connectivity index (χ0n) is 49.4. The molecule has 0 aromatic carbocycles. The number of allylic oxidation sites excluding steroid dienone is 4. The topological polar surface area (TPSA) is 78.9 Å². The normalized spacial score (nSPS) is 12.1. The molecule has 6 heteroatoms. The van der Waals surface area contributed by atoms with Gasteiger partial charge in [-0.3, -0.25) is 14.4 Å². The standard InChI is InChI=1S/C67H126O6/c1-4-7-10-13-16-19-22-24-25-26-27-28-29-30-31-32-33-34-35-36-37-38-39-40-41-42-43-44-46-48-51-54-57-60-66(69)72-63-64(62-71-65(68)59-56-53-50-47-21-18-15-12-9-6-3)73-67(70)61-58-55-52-49-45-23-20-17-14-11-8-5-2/h17,20,26-27,64H,4-16,18-19,21-25,28-63H2,1-3H3/b20-17-,27-26-. The molecule has 0 N–H and O–H groups in total. The lowest BCUT2D eigenvalue weighted by Gasteiger charge is -2.18. The number of unbranched alkanes of at least 4 members (excludes halogenated alkanes) is 46. The van der Waals surface area contributed by atoms with Crippen LogP contribution in [0.3, 0.4) is 0 Å². The Bertz CT molecular complexity index is 1180. The fraction of sp³-hybridized carbons (Fsp3) is 0.896. The van der Waals surface area contributed by atoms with E-state index in [1.807, 2.05) is 0 Å². The van der Waals surface area contributed by atoms with E-state index in [1.54, 1.807) is 0 Å².